The third-order valence-electron chi connectivity index (χ3n) is 4.48. The van der Waals surface area contributed by atoms with Gasteiger partial charge in [-0.3, -0.25) is 4.99 Å². The van der Waals surface area contributed by atoms with Crippen molar-refractivity contribution in [1.82, 2.24) is 20.6 Å². The predicted octanol–water partition coefficient (Wildman–Crippen LogP) is 2.80. The molecule has 7 nitrogen and oxygen atoms in total. The van der Waals surface area contributed by atoms with E-state index in [-0.39, 0.29) is 24.0 Å². The van der Waals surface area contributed by atoms with Crippen molar-refractivity contribution < 1.29 is 4.42 Å². The van der Waals surface area contributed by atoms with Crippen LogP contribution in [0.3, 0.4) is 0 Å². The summed E-state index contributed by atoms with van der Waals surface area (Å²) in [6, 6.07) is 6.18. The van der Waals surface area contributed by atoms with E-state index >= 15 is 0 Å². The quantitative estimate of drug-likeness (QED) is 0.242. The van der Waals surface area contributed by atoms with E-state index in [1.54, 1.807) is 18.7 Å². The molecule has 0 bridgehead atoms. The normalized spacial score (nSPS) is 15.2. The van der Waals surface area contributed by atoms with Gasteiger partial charge in [-0.05, 0) is 37.3 Å². The molecule has 154 valence electrons. The number of nitrogens with zero attached hydrogens (tertiary/aromatic N) is 4. The fourth-order valence-electron chi connectivity index (χ4n) is 3.03. The van der Waals surface area contributed by atoms with Crippen molar-refractivity contribution in [3.63, 3.8) is 0 Å². The van der Waals surface area contributed by atoms with Crippen molar-refractivity contribution >= 4 is 47.6 Å². The SMILES string of the molecule is CSCCN=C(NCCc1ccco1)NC1CCN(c2ncccn2)CC1.I. The molecule has 3 heterocycles. The van der Waals surface area contributed by atoms with Gasteiger partial charge in [0.15, 0.2) is 5.96 Å². The first kappa shape index (κ1) is 22.8. The Bertz CT molecular complexity index is 677. The number of aromatic nitrogens is 2. The van der Waals surface area contributed by atoms with Crippen LogP contribution in [0.2, 0.25) is 0 Å². The molecule has 1 aliphatic rings. The fraction of sp³-hybridized carbons (Fsp3) is 0.526. The van der Waals surface area contributed by atoms with E-state index in [9.17, 15) is 0 Å². The van der Waals surface area contributed by atoms with Gasteiger partial charge in [0, 0.05) is 50.2 Å². The van der Waals surface area contributed by atoms with Crippen LogP contribution in [0.25, 0.3) is 0 Å². The summed E-state index contributed by atoms with van der Waals surface area (Å²) in [5.74, 6) is 3.72. The number of guanidine groups is 1. The molecular weight excluding hydrogens is 487 g/mol. The molecule has 0 unspecified atom stereocenters. The number of rotatable bonds is 8. The summed E-state index contributed by atoms with van der Waals surface area (Å²) in [7, 11) is 0. The van der Waals surface area contributed by atoms with E-state index in [0.29, 0.717) is 6.04 Å². The number of aliphatic imine (C=N–C) groups is 1. The van der Waals surface area contributed by atoms with Gasteiger partial charge in [0.1, 0.15) is 5.76 Å². The van der Waals surface area contributed by atoms with Gasteiger partial charge in [0.2, 0.25) is 5.95 Å². The van der Waals surface area contributed by atoms with Crippen molar-refractivity contribution in [3.8, 4) is 0 Å². The Morgan fingerprint density at radius 2 is 2.07 bits per heavy atom. The van der Waals surface area contributed by atoms with Crippen LogP contribution in [-0.2, 0) is 6.42 Å². The summed E-state index contributed by atoms with van der Waals surface area (Å²) >= 11 is 1.81. The van der Waals surface area contributed by atoms with E-state index in [0.717, 1.165) is 68.9 Å². The molecule has 1 fully saturated rings. The van der Waals surface area contributed by atoms with Crippen LogP contribution in [0.4, 0.5) is 5.95 Å². The summed E-state index contributed by atoms with van der Waals surface area (Å²) in [4.78, 5) is 15.7. The lowest BCUT2D eigenvalue weighted by Gasteiger charge is -2.33. The molecule has 28 heavy (non-hydrogen) atoms. The number of piperidine rings is 1. The predicted molar refractivity (Wildman–Crippen MR) is 127 cm³/mol. The van der Waals surface area contributed by atoms with Gasteiger partial charge < -0.3 is 20.0 Å². The molecule has 3 rings (SSSR count). The van der Waals surface area contributed by atoms with Crippen molar-refractivity contribution in [2.75, 3.05) is 43.1 Å². The van der Waals surface area contributed by atoms with Crippen LogP contribution in [-0.4, -0.2) is 60.2 Å². The molecule has 2 N–H and O–H groups in total. The molecule has 0 aliphatic carbocycles. The molecular formula is C19H29IN6OS. The third kappa shape index (κ3) is 7.50. The highest BCUT2D eigenvalue weighted by Gasteiger charge is 2.21. The average Bonchev–Trinajstić information content (AvgIpc) is 3.23. The van der Waals surface area contributed by atoms with Gasteiger partial charge in [0.05, 0.1) is 12.8 Å². The first-order valence-corrected chi connectivity index (χ1v) is 10.8. The van der Waals surface area contributed by atoms with E-state index in [4.69, 9.17) is 9.41 Å². The van der Waals surface area contributed by atoms with Crippen molar-refractivity contribution in [2.45, 2.75) is 25.3 Å². The standard InChI is InChI=1S/C19H28N6OS.HI/c1-27-15-11-21-18(20-10-5-17-4-2-14-26-17)24-16-6-12-25(13-7-16)19-22-8-3-9-23-19;/h2-4,8-9,14,16H,5-7,10-13,15H2,1H3,(H2,20,21,24);1H. The van der Waals surface area contributed by atoms with Gasteiger partial charge in [-0.15, -0.1) is 24.0 Å². The maximum Gasteiger partial charge on any atom is 0.225 e. The fourth-order valence-corrected chi connectivity index (χ4v) is 3.31. The largest absolute Gasteiger partial charge is 0.469 e. The summed E-state index contributed by atoms with van der Waals surface area (Å²) in [5.41, 5.74) is 0. The van der Waals surface area contributed by atoms with E-state index in [1.807, 2.05) is 30.0 Å². The number of nitrogens with one attached hydrogen (secondary N) is 2. The second kappa shape index (κ2) is 12.9. The number of thioether (sulfide) groups is 1. The van der Waals surface area contributed by atoms with Crippen LogP contribution in [0.1, 0.15) is 18.6 Å². The molecule has 0 saturated carbocycles. The van der Waals surface area contributed by atoms with E-state index in [1.165, 1.54) is 0 Å². The molecule has 9 heteroatoms. The maximum absolute atomic E-state index is 5.40. The lowest BCUT2D eigenvalue weighted by molar-refractivity contribution is 0.456. The van der Waals surface area contributed by atoms with Crippen molar-refractivity contribution in [2.24, 2.45) is 4.99 Å². The molecule has 1 saturated heterocycles. The second-order valence-corrected chi connectivity index (χ2v) is 7.42. The lowest BCUT2D eigenvalue weighted by Crippen LogP contribution is -2.49. The Morgan fingerprint density at radius 1 is 1.29 bits per heavy atom. The van der Waals surface area contributed by atoms with Crippen LogP contribution >= 0.6 is 35.7 Å². The minimum Gasteiger partial charge on any atom is -0.469 e. The van der Waals surface area contributed by atoms with Crippen molar-refractivity contribution in [3.05, 3.63) is 42.6 Å². The highest BCUT2D eigenvalue weighted by molar-refractivity contribution is 14.0. The number of halogens is 1. The van der Waals surface area contributed by atoms with Gasteiger partial charge in [-0.25, -0.2) is 9.97 Å². The highest BCUT2D eigenvalue weighted by Crippen LogP contribution is 2.15. The number of hydrogen-bond acceptors (Lipinski definition) is 6. The third-order valence-corrected chi connectivity index (χ3v) is 5.07. The zero-order valence-corrected chi connectivity index (χ0v) is 19.4. The molecule has 0 aromatic carbocycles. The Morgan fingerprint density at radius 3 is 2.75 bits per heavy atom. The minimum atomic E-state index is 0. The first-order chi connectivity index (χ1) is 13.3. The average molecular weight is 516 g/mol. The molecule has 0 amide bonds. The highest BCUT2D eigenvalue weighted by atomic mass is 127. The number of furan rings is 1. The van der Waals surface area contributed by atoms with Crippen LogP contribution in [0.15, 0.2) is 46.3 Å². The van der Waals surface area contributed by atoms with Crippen LogP contribution in [0, 0.1) is 0 Å². The Balaban J connectivity index is 0.00000280. The molecule has 2 aromatic heterocycles. The molecule has 1 aliphatic heterocycles. The Kier molecular flexibility index (Phi) is 10.5. The van der Waals surface area contributed by atoms with Crippen molar-refractivity contribution in [1.29, 1.82) is 0 Å². The van der Waals surface area contributed by atoms with Gasteiger partial charge in [-0.2, -0.15) is 11.8 Å². The molecule has 0 spiro atoms. The Hall–Kier alpha value is -1.49. The number of anilines is 1. The summed E-state index contributed by atoms with van der Waals surface area (Å²) in [5, 5.41) is 7.04. The van der Waals surface area contributed by atoms with Crippen LogP contribution < -0.4 is 15.5 Å². The summed E-state index contributed by atoms with van der Waals surface area (Å²) in [6.45, 7) is 3.52. The molecule has 0 radical (unpaired) electrons. The smallest absolute Gasteiger partial charge is 0.225 e. The van der Waals surface area contributed by atoms with E-state index in [2.05, 4.69) is 31.8 Å². The topological polar surface area (TPSA) is 78.6 Å². The summed E-state index contributed by atoms with van der Waals surface area (Å²) < 4.78 is 5.40. The van der Waals surface area contributed by atoms with E-state index < -0.39 is 0 Å². The maximum atomic E-state index is 5.40. The monoisotopic (exact) mass is 516 g/mol. The van der Waals surface area contributed by atoms with Gasteiger partial charge in [-0.1, -0.05) is 0 Å². The zero-order chi connectivity index (χ0) is 18.7. The van der Waals surface area contributed by atoms with Crippen LogP contribution in [0.5, 0.6) is 0 Å². The first-order valence-electron chi connectivity index (χ1n) is 9.43. The molecule has 2 aromatic rings. The Labute approximate surface area is 188 Å². The summed E-state index contributed by atoms with van der Waals surface area (Å²) in [6.07, 6.45) is 10.3. The number of hydrogen-bond donors (Lipinski definition) is 2. The molecule has 0 atom stereocenters. The van der Waals surface area contributed by atoms with Gasteiger partial charge >= 0.3 is 0 Å². The second-order valence-electron chi connectivity index (χ2n) is 6.43. The van der Waals surface area contributed by atoms with Gasteiger partial charge in [0.25, 0.3) is 0 Å². The zero-order valence-electron chi connectivity index (χ0n) is 16.2. The lowest BCUT2D eigenvalue weighted by atomic mass is 10.1. The minimum absolute atomic E-state index is 0.